The normalized spacial score (nSPS) is 24.8. The summed E-state index contributed by atoms with van der Waals surface area (Å²) in [5, 5.41) is 9.14. The third-order valence-electron chi connectivity index (χ3n) is 8.30. The lowest BCUT2D eigenvalue weighted by Crippen LogP contribution is -2.32. The quantitative estimate of drug-likeness (QED) is 0.587. The molecule has 178 valence electrons. The van der Waals surface area contributed by atoms with E-state index in [-0.39, 0.29) is 23.9 Å². The second-order valence-electron chi connectivity index (χ2n) is 10.2. The molecule has 1 unspecified atom stereocenters. The molecule has 2 aliphatic carbocycles. The molecule has 0 bridgehead atoms. The van der Waals surface area contributed by atoms with Crippen LogP contribution in [0.25, 0.3) is 5.57 Å². The molecule has 0 saturated carbocycles. The highest BCUT2D eigenvalue weighted by Gasteiger charge is 2.40. The van der Waals surface area contributed by atoms with E-state index in [2.05, 4.69) is 24.3 Å². The van der Waals surface area contributed by atoms with Crippen molar-refractivity contribution >= 4 is 11.5 Å². The van der Waals surface area contributed by atoms with Crippen LogP contribution >= 0.6 is 0 Å². The van der Waals surface area contributed by atoms with Gasteiger partial charge in [0.2, 0.25) is 0 Å². The van der Waals surface area contributed by atoms with E-state index in [9.17, 15) is 4.79 Å². The Morgan fingerprint density at radius 3 is 2.85 bits per heavy atom. The summed E-state index contributed by atoms with van der Waals surface area (Å²) in [5.74, 6) is 0.661. The van der Waals surface area contributed by atoms with Crippen LogP contribution in [0.1, 0.15) is 79.2 Å². The summed E-state index contributed by atoms with van der Waals surface area (Å²) in [4.78, 5) is 11.1. The van der Waals surface area contributed by atoms with Crippen LogP contribution in [0, 0.1) is 5.41 Å². The van der Waals surface area contributed by atoms with Crippen LogP contribution < -0.4 is 9.47 Å². The van der Waals surface area contributed by atoms with Crippen LogP contribution in [0.5, 0.6) is 11.5 Å². The first kappa shape index (κ1) is 21.7. The fourth-order valence-electron chi connectivity index (χ4n) is 6.58. The molecular formula is C29H32O5. The standard InChI is InChI=1S/C29H32O5/c30-28(31)16-19-18-33-27-17-20(7-8-21(19)27)34-26-10-9-22-23(4-3-5-24(22)26)25-6-1-2-11-29(25)12-14-32-15-13-29/h3-8,17,19,26H,1-2,9-16,18H2,(H,30,31)/t19?,26-/m1/s1. The van der Waals surface area contributed by atoms with E-state index in [1.165, 1.54) is 36.0 Å². The maximum Gasteiger partial charge on any atom is 0.304 e. The van der Waals surface area contributed by atoms with E-state index in [1.54, 1.807) is 5.57 Å². The maximum atomic E-state index is 11.1. The highest BCUT2D eigenvalue weighted by Crippen LogP contribution is 2.52. The zero-order valence-corrected chi connectivity index (χ0v) is 19.6. The van der Waals surface area contributed by atoms with Crippen molar-refractivity contribution in [2.45, 2.75) is 63.4 Å². The summed E-state index contributed by atoms with van der Waals surface area (Å²) in [7, 11) is 0. The minimum atomic E-state index is -0.796. The number of allylic oxidation sites excluding steroid dienone is 2. The van der Waals surface area contributed by atoms with Gasteiger partial charge in [-0.3, -0.25) is 4.79 Å². The van der Waals surface area contributed by atoms with Gasteiger partial charge in [0, 0.05) is 30.8 Å². The van der Waals surface area contributed by atoms with E-state index in [0.717, 1.165) is 56.0 Å². The molecule has 5 heteroatoms. The van der Waals surface area contributed by atoms with Crippen molar-refractivity contribution in [1.29, 1.82) is 0 Å². The predicted octanol–water partition coefficient (Wildman–Crippen LogP) is 6.07. The summed E-state index contributed by atoms with van der Waals surface area (Å²) >= 11 is 0. The van der Waals surface area contributed by atoms with Gasteiger partial charge in [-0.05, 0) is 78.7 Å². The average molecular weight is 461 g/mol. The lowest BCUT2D eigenvalue weighted by molar-refractivity contribution is -0.137. The molecule has 0 radical (unpaired) electrons. The third kappa shape index (κ3) is 3.80. The summed E-state index contributed by atoms with van der Waals surface area (Å²) in [6.07, 6.45) is 10.6. The first-order valence-electron chi connectivity index (χ1n) is 12.7. The number of carboxylic acids is 1. The van der Waals surface area contributed by atoms with Crippen LogP contribution in [0.2, 0.25) is 0 Å². The van der Waals surface area contributed by atoms with Crippen molar-refractivity contribution in [2.24, 2.45) is 5.41 Å². The number of aliphatic carboxylic acids is 1. The second kappa shape index (κ2) is 8.77. The Balaban J connectivity index is 1.25. The molecule has 2 aromatic carbocycles. The van der Waals surface area contributed by atoms with E-state index in [1.807, 2.05) is 18.2 Å². The topological polar surface area (TPSA) is 65.0 Å². The summed E-state index contributed by atoms with van der Waals surface area (Å²) < 4.78 is 18.0. The van der Waals surface area contributed by atoms with Gasteiger partial charge >= 0.3 is 5.97 Å². The van der Waals surface area contributed by atoms with Crippen molar-refractivity contribution in [2.75, 3.05) is 19.8 Å². The van der Waals surface area contributed by atoms with Gasteiger partial charge in [-0.1, -0.05) is 30.3 Å². The van der Waals surface area contributed by atoms with Crippen molar-refractivity contribution in [3.8, 4) is 11.5 Å². The molecule has 1 N–H and O–H groups in total. The number of fused-ring (bicyclic) bond motifs is 2. The highest BCUT2D eigenvalue weighted by atomic mass is 16.5. The first-order chi connectivity index (χ1) is 16.6. The second-order valence-corrected chi connectivity index (χ2v) is 10.2. The number of benzene rings is 2. The first-order valence-corrected chi connectivity index (χ1v) is 12.7. The fourth-order valence-corrected chi connectivity index (χ4v) is 6.58. The Bertz CT molecular complexity index is 1130. The van der Waals surface area contributed by atoms with E-state index in [4.69, 9.17) is 19.3 Å². The lowest BCUT2D eigenvalue weighted by Gasteiger charge is -2.42. The molecule has 2 atom stereocenters. The maximum absolute atomic E-state index is 11.1. The SMILES string of the molecule is O=C(O)CC1COc2cc(O[C@@H]3CCc4c(C5=CCCCC56CCOCC6)cccc43)ccc21. The van der Waals surface area contributed by atoms with Gasteiger partial charge in [-0.15, -0.1) is 0 Å². The Kier molecular flexibility index (Phi) is 5.60. The zero-order valence-electron chi connectivity index (χ0n) is 19.6. The minimum absolute atomic E-state index is 0.0269. The molecule has 0 amide bonds. The summed E-state index contributed by atoms with van der Waals surface area (Å²) in [6, 6.07) is 12.6. The number of rotatable bonds is 5. The molecule has 1 fully saturated rings. The molecule has 2 heterocycles. The predicted molar refractivity (Wildman–Crippen MR) is 129 cm³/mol. The molecule has 6 rings (SSSR count). The van der Waals surface area contributed by atoms with E-state index >= 15 is 0 Å². The summed E-state index contributed by atoms with van der Waals surface area (Å²) in [5.41, 5.74) is 6.97. The average Bonchev–Trinajstić information content (AvgIpc) is 3.44. The van der Waals surface area contributed by atoms with E-state index < -0.39 is 5.97 Å². The van der Waals surface area contributed by atoms with Crippen LogP contribution in [0.4, 0.5) is 0 Å². The Morgan fingerprint density at radius 1 is 1.12 bits per heavy atom. The number of hydrogen-bond acceptors (Lipinski definition) is 4. The zero-order chi connectivity index (χ0) is 23.1. The fraction of sp³-hybridized carbons (Fsp3) is 0.483. The van der Waals surface area contributed by atoms with Crippen molar-refractivity contribution in [3.63, 3.8) is 0 Å². The largest absolute Gasteiger partial charge is 0.492 e. The number of ether oxygens (including phenoxy) is 3. The van der Waals surface area contributed by atoms with Gasteiger partial charge in [0.1, 0.15) is 17.6 Å². The molecule has 34 heavy (non-hydrogen) atoms. The summed E-state index contributed by atoms with van der Waals surface area (Å²) in [6.45, 7) is 2.15. The molecule has 2 aliphatic heterocycles. The van der Waals surface area contributed by atoms with Crippen molar-refractivity contribution in [3.05, 3.63) is 64.7 Å². The Morgan fingerprint density at radius 2 is 2.00 bits per heavy atom. The molecular weight excluding hydrogens is 428 g/mol. The van der Waals surface area contributed by atoms with Gasteiger partial charge in [-0.25, -0.2) is 0 Å². The molecule has 2 aromatic rings. The molecule has 0 aromatic heterocycles. The monoisotopic (exact) mass is 460 g/mol. The third-order valence-corrected chi connectivity index (χ3v) is 8.30. The van der Waals surface area contributed by atoms with Gasteiger partial charge in [0.15, 0.2) is 0 Å². The molecule has 1 saturated heterocycles. The lowest BCUT2D eigenvalue weighted by atomic mass is 9.65. The van der Waals surface area contributed by atoms with Crippen LogP contribution in [-0.2, 0) is 16.0 Å². The smallest absolute Gasteiger partial charge is 0.304 e. The Hall–Kier alpha value is -2.79. The molecule has 5 nitrogen and oxygen atoms in total. The highest BCUT2D eigenvalue weighted by molar-refractivity contribution is 5.75. The van der Waals surface area contributed by atoms with Gasteiger partial charge in [0.25, 0.3) is 0 Å². The van der Waals surface area contributed by atoms with Crippen LogP contribution in [-0.4, -0.2) is 30.9 Å². The number of carboxylic acid groups (broad SMARTS) is 1. The van der Waals surface area contributed by atoms with Gasteiger partial charge < -0.3 is 19.3 Å². The van der Waals surface area contributed by atoms with Gasteiger partial charge in [0.05, 0.1) is 13.0 Å². The van der Waals surface area contributed by atoms with Crippen LogP contribution in [0.3, 0.4) is 0 Å². The minimum Gasteiger partial charge on any atom is -0.492 e. The molecule has 4 aliphatic rings. The van der Waals surface area contributed by atoms with Gasteiger partial charge in [-0.2, -0.15) is 0 Å². The molecule has 1 spiro atoms. The number of carbonyl (C=O) groups is 1. The van der Waals surface area contributed by atoms with Crippen molar-refractivity contribution < 1.29 is 24.1 Å². The van der Waals surface area contributed by atoms with Crippen LogP contribution in [0.15, 0.2) is 42.5 Å². The van der Waals surface area contributed by atoms with Crippen molar-refractivity contribution in [1.82, 2.24) is 0 Å². The number of hydrogen-bond donors (Lipinski definition) is 1. The Labute approximate surface area is 200 Å². The van der Waals surface area contributed by atoms with E-state index in [0.29, 0.717) is 6.61 Å².